The van der Waals surface area contributed by atoms with Gasteiger partial charge in [0.15, 0.2) is 5.96 Å². The maximum atomic E-state index is 5.93. The van der Waals surface area contributed by atoms with Crippen LogP contribution in [0.3, 0.4) is 0 Å². The van der Waals surface area contributed by atoms with Crippen molar-refractivity contribution in [2.45, 2.75) is 32.9 Å². The molecule has 3 N–H and O–H groups in total. The summed E-state index contributed by atoms with van der Waals surface area (Å²) in [7, 11) is 0. The van der Waals surface area contributed by atoms with Crippen molar-refractivity contribution in [2.24, 2.45) is 10.7 Å². The summed E-state index contributed by atoms with van der Waals surface area (Å²) in [5.74, 6) is 1.21. The zero-order valence-electron chi connectivity index (χ0n) is 12.6. The van der Waals surface area contributed by atoms with E-state index in [4.69, 9.17) is 21.9 Å². The van der Waals surface area contributed by atoms with Crippen LogP contribution < -0.4 is 11.1 Å². The van der Waals surface area contributed by atoms with E-state index in [0.29, 0.717) is 22.7 Å². The fourth-order valence-electron chi connectivity index (χ4n) is 1.64. The maximum absolute atomic E-state index is 5.93. The summed E-state index contributed by atoms with van der Waals surface area (Å²) >= 11 is 5.93. The van der Waals surface area contributed by atoms with Gasteiger partial charge in [-0.2, -0.15) is 4.98 Å². The molecule has 0 radical (unpaired) electrons. The lowest BCUT2D eigenvalue weighted by Crippen LogP contribution is -2.44. The van der Waals surface area contributed by atoms with Crippen LogP contribution in [0.5, 0.6) is 0 Å². The molecule has 0 amide bonds. The minimum absolute atomic E-state index is 0. The fourth-order valence-corrected chi connectivity index (χ4v) is 1.83. The fraction of sp³-hybridized carbons (Fsp3) is 0.357. The molecule has 8 heteroatoms. The number of rotatable bonds is 3. The lowest BCUT2D eigenvalue weighted by atomic mass is 10.1. The van der Waals surface area contributed by atoms with E-state index in [1.165, 1.54) is 0 Å². The van der Waals surface area contributed by atoms with Crippen LogP contribution in [0, 0.1) is 0 Å². The summed E-state index contributed by atoms with van der Waals surface area (Å²) in [6.07, 6.45) is 0. The number of nitrogens with two attached hydrogens (primary N) is 1. The van der Waals surface area contributed by atoms with E-state index < -0.39 is 0 Å². The highest BCUT2D eigenvalue weighted by molar-refractivity contribution is 14.0. The maximum Gasteiger partial charge on any atom is 0.248 e. The Balaban J connectivity index is 0.00000242. The van der Waals surface area contributed by atoms with Gasteiger partial charge in [-0.1, -0.05) is 28.9 Å². The number of aromatic nitrogens is 2. The van der Waals surface area contributed by atoms with E-state index in [1.54, 1.807) is 12.1 Å². The number of halogens is 2. The Morgan fingerprint density at radius 3 is 2.77 bits per heavy atom. The minimum atomic E-state index is -0.144. The molecular weight excluding hydrogens is 417 g/mol. The van der Waals surface area contributed by atoms with Gasteiger partial charge in [0.2, 0.25) is 11.7 Å². The molecule has 120 valence electrons. The molecule has 0 fully saturated rings. The standard InChI is InChI=1S/C14H18ClN5O.HI/c1-14(2,3)19-13(16)17-8-11-18-12(20-21-11)9-5-4-6-10(15)7-9;/h4-7H,8H2,1-3H3,(H3,16,17,19);1H. The van der Waals surface area contributed by atoms with E-state index in [9.17, 15) is 0 Å². The second-order valence-electron chi connectivity index (χ2n) is 5.60. The predicted octanol–water partition coefficient (Wildman–Crippen LogP) is 3.21. The van der Waals surface area contributed by atoms with E-state index in [-0.39, 0.29) is 36.1 Å². The molecular formula is C14H19ClIN5O. The van der Waals surface area contributed by atoms with Crippen molar-refractivity contribution in [1.29, 1.82) is 0 Å². The normalized spacial score (nSPS) is 11.9. The Hall–Kier alpha value is -1.35. The first-order chi connectivity index (χ1) is 9.83. The molecule has 2 rings (SSSR count). The van der Waals surface area contributed by atoms with Gasteiger partial charge in [-0.25, -0.2) is 4.99 Å². The SMILES string of the molecule is CC(C)(C)NC(N)=NCc1nc(-c2cccc(Cl)c2)no1.I. The molecule has 1 aromatic carbocycles. The number of hydrogen-bond donors (Lipinski definition) is 2. The summed E-state index contributed by atoms with van der Waals surface area (Å²) in [6, 6.07) is 7.25. The van der Waals surface area contributed by atoms with E-state index in [1.807, 2.05) is 32.9 Å². The smallest absolute Gasteiger partial charge is 0.248 e. The largest absolute Gasteiger partial charge is 0.370 e. The van der Waals surface area contributed by atoms with E-state index >= 15 is 0 Å². The molecule has 0 saturated heterocycles. The van der Waals surface area contributed by atoms with Crippen molar-refractivity contribution in [1.82, 2.24) is 15.5 Å². The number of nitrogens with zero attached hydrogens (tertiary/aromatic N) is 3. The van der Waals surface area contributed by atoms with E-state index in [0.717, 1.165) is 5.56 Å². The van der Waals surface area contributed by atoms with Gasteiger partial charge in [0.1, 0.15) is 6.54 Å². The van der Waals surface area contributed by atoms with Crippen LogP contribution in [0.4, 0.5) is 0 Å². The van der Waals surface area contributed by atoms with Crippen molar-refractivity contribution >= 4 is 41.5 Å². The molecule has 0 bridgehead atoms. The highest BCUT2D eigenvalue weighted by atomic mass is 127. The highest BCUT2D eigenvalue weighted by Crippen LogP contribution is 2.19. The van der Waals surface area contributed by atoms with Crippen molar-refractivity contribution in [3.8, 4) is 11.4 Å². The number of nitrogens with one attached hydrogen (secondary N) is 1. The van der Waals surface area contributed by atoms with Crippen LogP contribution in [-0.4, -0.2) is 21.6 Å². The quantitative estimate of drug-likeness (QED) is 0.439. The lowest BCUT2D eigenvalue weighted by Gasteiger charge is -2.20. The van der Waals surface area contributed by atoms with Crippen LogP contribution in [0.25, 0.3) is 11.4 Å². The first-order valence-corrected chi connectivity index (χ1v) is 6.88. The Bertz CT molecular complexity index is 651. The molecule has 2 aromatic rings. The average molecular weight is 436 g/mol. The third-order valence-corrected chi connectivity index (χ3v) is 2.67. The monoisotopic (exact) mass is 435 g/mol. The molecule has 0 atom stereocenters. The molecule has 1 aromatic heterocycles. The zero-order chi connectivity index (χ0) is 15.5. The van der Waals surface area contributed by atoms with Crippen molar-refractivity contribution < 1.29 is 4.52 Å². The highest BCUT2D eigenvalue weighted by Gasteiger charge is 2.11. The molecule has 1 heterocycles. The van der Waals surface area contributed by atoms with Gasteiger partial charge in [-0.05, 0) is 32.9 Å². The van der Waals surface area contributed by atoms with Gasteiger partial charge < -0.3 is 15.6 Å². The number of guanidine groups is 1. The van der Waals surface area contributed by atoms with Crippen molar-refractivity contribution in [3.63, 3.8) is 0 Å². The summed E-state index contributed by atoms with van der Waals surface area (Å²) in [4.78, 5) is 8.43. The number of benzene rings is 1. The first-order valence-electron chi connectivity index (χ1n) is 6.50. The Labute approximate surface area is 151 Å². The van der Waals surface area contributed by atoms with Crippen LogP contribution in [-0.2, 0) is 6.54 Å². The van der Waals surface area contributed by atoms with Gasteiger partial charge >= 0.3 is 0 Å². The first kappa shape index (κ1) is 18.7. The van der Waals surface area contributed by atoms with E-state index in [2.05, 4.69) is 20.4 Å². The summed E-state index contributed by atoms with van der Waals surface area (Å²) < 4.78 is 5.14. The molecule has 6 nitrogen and oxygen atoms in total. The Morgan fingerprint density at radius 1 is 1.41 bits per heavy atom. The second-order valence-corrected chi connectivity index (χ2v) is 6.03. The van der Waals surface area contributed by atoms with Gasteiger partial charge in [-0.3, -0.25) is 0 Å². The molecule has 0 aliphatic carbocycles. The number of aliphatic imine (C=N–C) groups is 1. The summed E-state index contributed by atoms with van der Waals surface area (Å²) in [6.45, 7) is 6.22. The van der Waals surface area contributed by atoms with Crippen LogP contribution >= 0.6 is 35.6 Å². The summed E-state index contributed by atoms with van der Waals surface area (Å²) in [5.41, 5.74) is 6.43. The molecule has 0 spiro atoms. The Kier molecular flexibility index (Phi) is 6.61. The molecule has 0 unspecified atom stereocenters. The van der Waals surface area contributed by atoms with Crippen LogP contribution in [0.15, 0.2) is 33.8 Å². The molecule has 0 saturated carbocycles. The van der Waals surface area contributed by atoms with Crippen LogP contribution in [0.2, 0.25) is 5.02 Å². The molecule has 0 aliphatic rings. The van der Waals surface area contributed by atoms with Gasteiger partial charge in [0, 0.05) is 16.1 Å². The average Bonchev–Trinajstić information content (AvgIpc) is 2.83. The topological polar surface area (TPSA) is 89.3 Å². The zero-order valence-corrected chi connectivity index (χ0v) is 15.7. The van der Waals surface area contributed by atoms with Gasteiger partial charge in [0.25, 0.3) is 0 Å². The minimum Gasteiger partial charge on any atom is -0.370 e. The third kappa shape index (κ3) is 5.80. The van der Waals surface area contributed by atoms with Gasteiger partial charge in [0.05, 0.1) is 0 Å². The van der Waals surface area contributed by atoms with Crippen molar-refractivity contribution in [3.05, 3.63) is 35.2 Å². The second kappa shape index (κ2) is 7.77. The van der Waals surface area contributed by atoms with Crippen LogP contribution in [0.1, 0.15) is 26.7 Å². The van der Waals surface area contributed by atoms with Crippen molar-refractivity contribution in [2.75, 3.05) is 0 Å². The summed E-state index contributed by atoms with van der Waals surface area (Å²) in [5, 5.41) is 7.58. The Morgan fingerprint density at radius 2 is 2.14 bits per heavy atom. The van der Waals surface area contributed by atoms with Gasteiger partial charge in [-0.15, -0.1) is 24.0 Å². The third-order valence-electron chi connectivity index (χ3n) is 2.44. The predicted molar refractivity (Wildman–Crippen MR) is 98.4 cm³/mol. The molecule has 0 aliphatic heterocycles. The number of hydrogen-bond acceptors (Lipinski definition) is 4. The molecule has 22 heavy (non-hydrogen) atoms. The lowest BCUT2D eigenvalue weighted by molar-refractivity contribution is 0.380.